The van der Waals surface area contributed by atoms with Crippen LogP contribution < -0.4 is 4.74 Å². The highest BCUT2D eigenvalue weighted by Crippen LogP contribution is 2.31. The second kappa shape index (κ2) is 4.61. The van der Waals surface area contributed by atoms with Gasteiger partial charge in [-0.15, -0.1) is 0 Å². The number of aromatic amines is 1. The van der Waals surface area contributed by atoms with Crippen LogP contribution in [0.1, 0.15) is 6.92 Å². The fourth-order valence-corrected chi connectivity index (χ4v) is 1.95. The molecule has 3 rings (SSSR count). The highest BCUT2D eigenvalue weighted by Gasteiger charge is 2.10. The van der Waals surface area contributed by atoms with Gasteiger partial charge in [-0.1, -0.05) is 0 Å². The first kappa shape index (κ1) is 11.5. The number of phenolic OH excluding ortho intramolecular Hbond substituents is 1. The van der Waals surface area contributed by atoms with Crippen molar-refractivity contribution in [1.29, 1.82) is 0 Å². The summed E-state index contributed by atoms with van der Waals surface area (Å²) in [6.45, 7) is 2.46. The molecule has 0 bridgehead atoms. The lowest BCUT2D eigenvalue weighted by molar-refractivity contribution is 0.338. The summed E-state index contributed by atoms with van der Waals surface area (Å²) in [5, 5.41) is 10.0. The Kier molecular flexibility index (Phi) is 2.79. The summed E-state index contributed by atoms with van der Waals surface area (Å²) >= 11 is 0. The number of aromatic hydroxyl groups is 1. The normalized spacial score (nSPS) is 10.8. The number of nitrogens with one attached hydrogen (secondary N) is 1. The largest absolute Gasteiger partial charge is 0.507 e. The summed E-state index contributed by atoms with van der Waals surface area (Å²) in [5.74, 6) is 1.39. The maximum absolute atomic E-state index is 10.0. The maximum atomic E-state index is 10.0. The number of nitrogens with zero attached hydrogens (tertiary/aromatic N) is 2. The maximum Gasteiger partial charge on any atom is 0.142 e. The van der Waals surface area contributed by atoms with Crippen molar-refractivity contribution in [3.8, 4) is 22.9 Å². The van der Waals surface area contributed by atoms with Gasteiger partial charge in [-0.25, -0.2) is 4.98 Å². The zero-order valence-electron chi connectivity index (χ0n) is 10.4. The molecule has 3 aromatic rings. The van der Waals surface area contributed by atoms with Crippen molar-refractivity contribution in [3.63, 3.8) is 0 Å². The van der Waals surface area contributed by atoms with Crippen molar-refractivity contribution >= 4 is 11.0 Å². The first-order chi connectivity index (χ1) is 9.28. The smallest absolute Gasteiger partial charge is 0.142 e. The number of hydrogen-bond acceptors (Lipinski definition) is 4. The van der Waals surface area contributed by atoms with Crippen LogP contribution in [-0.4, -0.2) is 26.7 Å². The molecule has 0 spiro atoms. The molecular formula is C14H13N3O2. The van der Waals surface area contributed by atoms with Crippen LogP contribution in [0.4, 0.5) is 0 Å². The summed E-state index contributed by atoms with van der Waals surface area (Å²) in [6, 6.07) is 7.00. The van der Waals surface area contributed by atoms with Gasteiger partial charge < -0.3 is 14.8 Å². The molecule has 0 amide bonds. The topological polar surface area (TPSA) is 71.0 Å². The second-order valence-electron chi connectivity index (χ2n) is 4.09. The monoisotopic (exact) mass is 255 g/mol. The first-order valence-corrected chi connectivity index (χ1v) is 6.04. The summed E-state index contributed by atoms with van der Waals surface area (Å²) < 4.78 is 5.34. The second-order valence-corrected chi connectivity index (χ2v) is 4.09. The average molecular weight is 255 g/mol. The molecule has 2 N–H and O–H groups in total. The van der Waals surface area contributed by atoms with E-state index in [0.717, 1.165) is 11.0 Å². The molecule has 0 unspecified atom stereocenters. The molecule has 0 aliphatic carbocycles. The van der Waals surface area contributed by atoms with E-state index in [1.54, 1.807) is 24.5 Å². The van der Waals surface area contributed by atoms with E-state index < -0.39 is 0 Å². The molecule has 5 heteroatoms. The van der Waals surface area contributed by atoms with E-state index in [1.165, 1.54) is 0 Å². The molecule has 0 aliphatic heterocycles. The fraction of sp³-hybridized carbons (Fsp3) is 0.143. The summed E-state index contributed by atoms with van der Waals surface area (Å²) in [6.07, 6.45) is 3.39. The van der Waals surface area contributed by atoms with Crippen molar-refractivity contribution in [2.45, 2.75) is 6.92 Å². The number of imidazole rings is 1. The van der Waals surface area contributed by atoms with Crippen LogP contribution in [0.3, 0.4) is 0 Å². The van der Waals surface area contributed by atoms with Crippen LogP contribution >= 0.6 is 0 Å². The van der Waals surface area contributed by atoms with Crippen molar-refractivity contribution in [1.82, 2.24) is 15.0 Å². The molecule has 96 valence electrons. The van der Waals surface area contributed by atoms with Gasteiger partial charge in [0.15, 0.2) is 0 Å². The highest BCUT2D eigenvalue weighted by molar-refractivity contribution is 5.79. The van der Waals surface area contributed by atoms with Crippen molar-refractivity contribution in [3.05, 3.63) is 36.7 Å². The molecule has 0 atom stereocenters. The van der Waals surface area contributed by atoms with E-state index in [9.17, 15) is 5.11 Å². The van der Waals surface area contributed by atoms with Gasteiger partial charge >= 0.3 is 0 Å². The summed E-state index contributed by atoms with van der Waals surface area (Å²) in [7, 11) is 0. The Hall–Kier alpha value is -2.56. The van der Waals surface area contributed by atoms with Crippen LogP contribution in [0, 0.1) is 0 Å². The number of fused-ring (bicyclic) bond motifs is 1. The van der Waals surface area contributed by atoms with E-state index in [0.29, 0.717) is 23.7 Å². The quantitative estimate of drug-likeness (QED) is 0.754. The number of hydrogen-bond donors (Lipinski definition) is 2. The lowest BCUT2D eigenvalue weighted by Gasteiger charge is -2.05. The van der Waals surface area contributed by atoms with Gasteiger partial charge in [-0.3, -0.25) is 4.98 Å². The van der Waals surface area contributed by atoms with Crippen molar-refractivity contribution in [2.24, 2.45) is 0 Å². The molecule has 2 heterocycles. The van der Waals surface area contributed by atoms with Crippen LogP contribution in [0.2, 0.25) is 0 Å². The molecule has 0 fully saturated rings. The van der Waals surface area contributed by atoms with Gasteiger partial charge in [0.25, 0.3) is 0 Å². The third-order valence-electron chi connectivity index (χ3n) is 2.82. The molecule has 1 aromatic carbocycles. The van der Waals surface area contributed by atoms with Gasteiger partial charge in [-0.05, 0) is 25.1 Å². The average Bonchev–Trinajstić information content (AvgIpc) is 2.82. The first-order valence-electron chi connectivity index (χ1n) is 6.04. The van der Waals surface area contributed by atoms with E-state index in [4.69, 9.17) is 4.74 Å². The number of pyridine rings is 1. The minimum absolute atomic E-state index is 0.137. The third kappa shape index (κ3) is 2.10. The minimum Gasteiger partial charge on any atom is -0.507 e. The Balaban J connectivity index is 2.05. The van der Waals surface area contributed by atoms with Crippen LogP contribution in [-0.2, 0) is 0 Å². The number of ether oxygens (including phenoxy) is 1. The molecule has 19 heavy (non-hydrogen) atoms. The zero-order chi connectivity index (χ0) is 13.2. The highest BCUT2D eigenvalue weighted by atomic mass is 16.5. The summed E-state index contributed by atoms with van der Waals surface area (Å²) in [4.78, 5) is 11.6. The van der Waals surface area contributed by atoms with Gasteiger partial charge in [-0.2, -0.15) is 0 Å². The predicted octanol–water partition coefficient (Wildman–Crippen LogP) is 2.73. The molecule has 0 saturated heterocycles. The Morgan fingerprint density at radius 2 is 2.21 bits per heavy atom. The van der Waals surface area contributed by atoms with E-state index in [2.05, 4.69) is 15.0 Å². The molecule has 5 nitrogen and oxygen atoms in total. The predicted molar refractivity (Wildman–Crippen MR) is 72.2 cm³/mol. The molecular weight excluding hydrogens is 242 g/mol. The van der Waals surface area contributed by atoms with E-state index >= 15 is 0 Å². The van der Waals surface area contributed by atoms with E-state index in [1.807, 2.05) is 19.1 Å². The number of aromatic nitrogens is 3. The number of H-pyrrole nitrogens is 1. The van der Waals surface area contributed by atoms with E-state index in [-0.39, 0.29) is 5.75 Å². The van der Waals surface area contributed by atoms with Gasteiger partial charge in [0.05, 0.1) is 29.4 Å². The molecule has 0 saturated carbocycles. The Bertz CT molecular complexity index is 689. The minimum atomic E-state index is 0.137. The van der Waals surface area contributed by atoms with Gasteiger partial charge in [0.1, 0.15) is 17.3 Å². The number of phenols is 1. The molecule has 0 radical (unpaired) electrons. The summed E-state index contributed by atoms with van der Waals surface area (Å²) in [5.41, 5.74) is 2.30. The van der Waals surface area contributed by atoms with Crippen molar-refractivity contribution < 1.29 is 9.84 Å². The Morgan fingerprint density at radius 1 is 1.32 bits per heavy atom. The Morgan fingerprint density at radius 3 is 2.95 bits per heavy atom. The SMILES string of the molecule is CCOc1ccc(-c2nc3ccncc3[nH]2)c(O)c1. The van der Waals surface area contributed by atoms with Crippen LogP contribution in [0.5, 0.6) is 11.5 Å². The van der Waals surface area contributed by atoms with Gasteiger partial charge in [0, 0.05) is 12.3 Å². The fourth-order valence-electron chi connectivity index (χ4n) is 1.95. The Labute approximate surface area is 109 Å². The lowest BCUT2D eigenvalue weighted by Crippen LogP contribution is -1.91. The lowest BCUT2D eigenvalue weighted by atomic mass is 10.2. The standard InChI is InChI=1S/C14H13N3O2/c1-2-19-9-3-4-10(13(18)7-9)14-16-11-5-6-15-8-12(11)17-14/h3-8,18H,2H2,1H3,(H,16,17). The van der Waals surface area contributed by atoms with Crippen LogP contribution in [0.15, 0.2) is 36.7 Å². The third-order valence-corrected chi connectivity index (χ3v) is 2.82. The number of benzene rings is 1. The number of rotatable bonds is 3. The van der Waals surface area contributed by atoms with Gasteiger partial charge in [0.2, 0.25) is 0 Å². The zero-order valence-corrected chi connectivity index (χ0v) is 10.4. The van der Waals surface area contributed by atoms with Crippen LogP contribution in [0.25, 0.3) is 22.4 Å². The molecule has 2 aromatic heterocycles. The molecule has 0 aliphatic rings. The van der Waals surface area contributed by atoms with Crippen molar-refractivity contribution in [2.75, 3.05) is 6.61 Å².